The molecule has 2 N–H and O–H groups in total. The van der Waals surface area contributed by atoms with Crippen LogP contribution in [0.1, 0.15) is 32.9 Å². The van der Waals surface area contributed by atoms with Gasteiger partial charge < -0.3 is 10.5 Å². The molecule has 0 unspecified atom stereocenters. The topological polar surface area (TPSA) is 78.9 Å². The summed E-state index contributed by atoms with van der Waals surface area (Å²) in [5.41, 5.74) is 7.00. The maximum Gasteiger partial charge on any atom is 0.226 e. The van der Waals surface area contributed by atoms with Gasteiger partial charge in [0.15, 0.2) is 11.5 Å². The third kappa shape index (κ3) is 2.04. The van der Waals surface area contributed by atoms with Gasteiger partial charge in [0.05, 0.1) is 12.4 Å². The molecule has 0 spiro atoms. The van der Waals surface area contributed by atoms with Crippen LogP contribution < -0.4 is 5.73 Å². The van der Waals surface area contributed by atoms with Crippen LogP contribution in [0, 0.1) is 5.92 Å². The Morgan fingerprint density at radius 1 is 1.53 bits per heavy atom. The summed E-state index contributed by atoms with van der Waals surface area (Å²) in [6.07, 6.45) is 3.85. The second kappa shape index (κ2) is 4.61. The molecule has 1 aliphatic rings. The van der Waals surface area contributed by atoms with Crippen molar-refractivity contribution in [2.24, 2.45) is 5.92 Å². The number of nitrogens with zero attached hydrogens (tertiary/aromatic N) is 4. The smallest absolute Gasteiger partial charge is 0.226 e. The minimum atomic E-state index is -0.0599. The van der Waals surface area contributed by atoms with Gasteiger partial charge in [-0.15, -0.1) is 0 Å². The third-order valence-corrected chi connectivity index (χ3v) is 3.84. The Hall–Kier alpha value is -1.40. The Kier molecular flexibility index (Phi) is 3.06. The van der Waals surface area contributed by atoms with Gasteiger partial charge in [0, 0.05) is 0 Å². The minimum Gasteiger partial charge on any atom is -0.382 e. The molecule has 0 bridgehead atoms. The number of ether oxygens (including phenoxy) is 1. The lowest BCUT2D eigenvalue weighted by molar-refractivity contribution is -0.00304. The molecule has 0 amide bonds. The molecule has 19 heavy (non-hydrogen) atoms. The highest BCUT2D eigenvalue weighted by Gasteiger charge is 2.33. The molecule has 0 radical (unpaired) electrons. The highest BCUT2D eigenvalue weighted by Crippen LogP contribution is 2.36. The molecule has 3 rings (SSSR count). The van der Waals surface area contributed by atoms with E-state index in [1.807, 2.05) is 4.57 Å². The van der Waals surface area contributed by atoms with Crippen LogP contribution in [0.5, 0.6) is 0 Å². The summed E-state index contributed by atoms with van der Waals surface area (Å²) in [5.74, 6) is 0.814. The van der Waals surface area contributed by atoms with Crippen molar-refractivity contribution in [3.05, 3.63) is 11.6 Å². The van der Waals surface area contributed by atoms with Crippen LogP contribution >= 0.6 is 11.6 Å². The third-order valence-electron chi connectivity index (χ3n) is 3.67. The van der Waals surface area contributed by atoms with E-state index in [1.165, 1.54) is 0 Å². The number of hydrogen-bond donors (Lipinski definition) is 1. The van der Waals surface area contributed by atoms with Gasteiger partial charge in [0.2, 0.25) is 5.28 Å². The van der Waals surface area contributed by atoms with E-state index in [4.69, 9.17) is 22.1 Å². The molecule has 2 aromatic heterocycles. The molecule has 0 aromatic carbocycles. The molecule has 1 saturated heterocycles. The number of anilines is 1. The summed E-state index contributed by atoms with van der Waals surface area (Å²) in [6, 6.07) is 0. The standard InChI is InChI=1S/C12H16ClN5O/c1-3-7-6(2)4-8(19-7)18-5-15-9-10(14)16-12(13)17-11(9)18/h5-8H,3-4H2,1-2H3,(H2,14,16,17)/t6-,7-,8-/m1/s1. The zero-order chi connectivity index (χ0) is 13.6. The van der Waals surface area contributed by atoms with E-state index in [9.17, 15) is 0 Å². The van der Waals surface area contributed by atoms with E-state index in [-0.39, 0.29) is 17.6 Å². The Balaban J connectivity index is 2.02. The zero-order valence-electron chi connectivity index (χ0n) is 10.9. The highest BCUT2D eigenvalue weighted by atomic mass is 35.5. The average molecular weight is 282 g/mol. The van der Waals surface area contributed by atoms with Crippen LogP contribution in [0.25, 0.3) is 11.2 Å². The molecular weight excluding hydrogens is 266 g/mol. The van der Waals surface area contributed by atoms with Crippen molar-refractivity contribution in [2.75, 3.05) is 5.73 Å². The van der Waals surface area contributed by atoms with Gasteiger partial charge in [0.1, 0.15) is 11.7 Å². The fourth-order valence-corrected chi connectivity index (χ4v) is 2.83. The predicted octanol–water partition coefficient (Wildman–Crippen LogP) is 2.40. The number of halogens is 1. The molecular formula is C12H16ClN5O. The van der Waals surface area contributed by atoms with Crippen LogP contribution in [0.4, 0.5) is 5.82 Å². The molecule has 6 nitrogen and oxygen atoms in total. The van der Waals surface area contributed by atoms with Gasteiger partial charge in [-0.25, -0.2) is 4.98 Å². The quantitative estimate of drug-likeness (QED) is 0.855. The summed E-state index contributed by atoms with van der Waals surface area (Å²) >= 11 is 5.86. The second-order valence-corrected chi connectivity index (χ2v) is 5.29. The minimum absolute atomic E-state index is 0.0599. The largest absolute Gasteiger partial charge is 0.382 e. The monoisotopic (exact) mass is 281 g/mol. The van der Waals surface area contributed by atoms with E-state index in [0.29, 0.717) is 22.9 Å². The van der Waals surface area contributed by atoms with Crippen LogP contribution in [-0.4, -0.2) is 25.6 Å². The summed E-state index contributed by atoms with van der Waals surface area (Å²) in [5, 5.41) is 0.129. The molecule has 2 aromatic rings. The lowest BCUT2D eigenvalue weighted by atomic mass is 10.0. The molecule has 1 aliphatic heterocycles. The summed E-state index contributed by atoms with van der Waals surface area (Å²) in [6.45, 7) is 4.33. The Labute approximate surface area is 115 Å². The van der Waals surface area contributed by atoms with Gasteiger partial charge in [-0.2, -0.15) is 9.97 Å². The summed E-state index contributed by atoms with van der Waals surface area (Å²) < 4.78 is 7.93. The van der Waals surface area contributed by atoms with Crippen LogP contribution in [-0.2, 0) is 4.74 Å². The number of rotatable bonds is 2. The predicted molar refractivity (Wildman–Crippen MR) is 72.7 cm³/mol. The maximum atomic E-state index is 6.03. The first-order valence-electron chi connectivity index (χ1n) is 6.41. The first kappa shape index (κ1) is 12.6. The number of nitrogens with two attached hydrogens (primary N) is 1. The Morgan fingerprint density at radius 2 is 2.32 bits per heavy atom. The van der Waals surface area contributed by atoms with Crippen molar-refractivity contribution in [1.29, 1.82) is 0 Å². The maximum absolute atomic E-state index is 6.03. The van der Waals surface area contributed by atoms with Gasteiger partial charge in [-0.05, 0) is 30.4 Å². The van der Waals surface area contributed by atoms with Crippen LogP contribution in [0.15, 0.2) is 6.33 Å². The van der Waals surface area contributed by atoms with Gasteiger partial charge in [-0.1, -0.05) is 13.8 Å². The molecule has 3 atom stereocenters. The molecule has 1 fully saturated rings. The van der Waals surface area contributed by atoms with Crippen molar-refractivity contribution in [3.8, 4) is 0 Å². The lowest BCUT2D eigenvalue weighted by Gasteiger charge is -2.14. The van der Waals surface area contributed by atoms with Crippen molar-refractivity contribution in [2.45, 2.75) is 39.0 Å². The molecule has 7 heteroatoms. The zero-order valence-corrected chi connectivity index (χ0v) is 11.6. The first-order chi connectivity index (χ1) is 9.10. The average Bonchev–Trinajstić information content (AvgIpc) is 2.92. The highest BCUT2D eigenvalue weighted by molar-refractivity contribution is 6.28. The van der Waals surface area contributed by atoms with E-state index in [0.717, 1.165) is 12.8 Å². The molecule has 3 heterocycles. The number of nitrogen functional groups attached to an aromatic ring is 1. The van der Waals surface area contributed by atoms with Crippen molar-refractivity contribution >= 4 is 28.6 Å². The molecule has 102 valence electrons. The second-order valence-electron chi connectivity index (χ2n) is 4.95. The first-order valence-corrected chi connectivity index (χ1v) is 6.79. The van der Waals surface area contributed by atoms with E-state index < -0.39 is 0 Å². The fraction of sp³-hybridized carbons (Fsp3) is 0.583. The molecule has 0 saturated carbocycles. The van der Waals surface area contributed by atoms with E-state index >= 15 is 0 Å². The fourth-order valence-electron chi connectivity index (χ4n) is 2.66. The summed E-state index contributed by atoms with van der Waals surface area (Å²) in [7, 11) is 0. The van der Waals surface area contributed by atoms with Gasteiger partial charge in [0.25, 0.3) is 0 Å². The van der Waals surface area contributed by atoms with Crippen LogP contribution in [0.2, 0.25) is 5.28 Å². The summed E-state index contributed by atoms with van der Waals surface area (Å²) in [4.78, 5) is 12.4. The van der Waals surface area contributed by atoms with Gasteiger partial charge in [-0.3, -0.25) is 4.57 Å². The number of fused-ring (bicyclic) bond motifs is 1. The van der Waals surface area contributed by atoms with Gasteiger partial charge >= 0.3 is 0 Å². The Morgan fingerprint density at radius 3 is 3.00 bits per heavy atom. The van der Waals surface area contributed by atoms with E-state index in [2.05, 4.69) is 28.8 Å². The van der Waals surface area contributed by atoms with Crippen molar-refractivity contribution in [1.82, 2.24) is 19.5 Å². The van der Waals surface area contributed by atoms with Crippen molar-refractivity contribution in [3.63, 3.8) is 0 Å². The molecule has 0 aliphatic carbocycles. The van der Waals surface area contributed by atoms with E-state index in [1.54, 1.807) is 6.33 Å². The number of aromatic nitrogens is 4. The SMILES string of the molecule is CC[C@H]1O[C@@H](n2cnc3c(N)nc(Cl)nc32)C[C@H]1C. The normalized spacial score (nSPS) is 27.2. The van der Waals surface area contributed by atoms with Crippen molar-refractivity contribution < 1.29 is 4.74 Å². The Bertz CT molecular complexity index is 613. The van der Waals surface area contributed by atoms with Crippen LogP contribution in [0.3, 0.4) is 0 Å². The number of imidazole rings is 1. The lowest BCUT2D eigenvalue weighted by Crippen LogP contribution is -2.12. The number of hydrogen-bond acceptors (Lipinski definition) is 5.